The summed E-state index contributed by atoms with van der Waals surface area (Å²) in [6.45, 7) is 0.456. The molecule has 3 aromatic heterocycles. The summed E-state index contributed by atoms with van der Waals surface area (Å²) in [5.74, 6) is -0.217. The Labute approximate surface area is 144 Å². The molecule has 3 rings (SSSR count). The molecule has 0 bridgehead atoms. The predicted molar refractivity (Wildman–Crippen MR) is 93.9 cm³/mol. The van der Waals surface area contributed by atoms with Gasteiger partial charge in [-0.05, 0) is 47.0 Å². The van der Waals surface area contributed by atoms with E-state index in [1.54, 1.807) is 17.4 Å². The number of nitrogens with zero attached hydrogens (tertiary/aromatic N) is 2. The Hall–Kier alpha value is -2.38. The first-order valence-corrected chi connectivity index (χ1v) is 8.69. The Bertz CT molecular complexity index is 791. The van der Waals surface area contributed by atoms with Crippen LogP contribution < -0.4 is 5.32 Å². The number of thiophene rings is 1. The van der Waals surface area contributed by atoms with Crippen molar-refractivity contribution in [1.29, 1.82) is 0 Å². The van der Waals surface area contributed by atoms with Crippen LogP contribution in [0.15, 0.2) is 41.2 Å². The van der Waals surface area contributed by atoms with Crippen LogP contribution in [-0.4, -0.2) is 38.9 Å². The molecule has 6 nitrogen and oxygen atoms in total. The van der Waals surface area contributed by atoms with Crippen LogP contribution in [0, 0.1) is 5.92 Å². The van der Waals surface area contributed by atoms with Crippen molar-refractivity contribution in [2.24, 2.45) is 13.0 Å². The number of hydrogen-bond donors (Lipinski definition) is 3. The SMILES string of the molecule is Cn1cccc1-c1cc(C(=O)NC[C@@H](CO)Cc2ccsc2)[nH]n1. The molecular formula is C17H20N4O2S. The zero-order chi connectivity index (χ0) is 16.9. The molecule has 0 saturated heterocycles. The lowest BCUT2D eigenvalue weighted by atomic mass is 10.0. The number of carbonyl (C=O) groups excluding carboxylic acids is 1. The first kappa shape index (κ1) is 16.5. The second kappa shape index (κ2) is 7.46. The number of hydrogen-bond acceptors (Lipinski definition) is 4. The van der Waals surface area contributed by atoms with E-state index in [9.17, 15) is 9.90 Å². The highest BCUT2D eigenvalue weighted by molar-refractivity contribution is 7.07. The molecule has 0 fully saturated rings. The Kier molecular flexibility index (Phi) is 5.12. The minimum Gasteiger partial charge on any atom is -0.396 e. The van der Waals surface area contributed by atoms with Gasteiger partial charge >= 0.3 is 0 Å². The number of nitrogens with one attached hydrogen (secondary N) is 2. The van der Waals surface area contributed by atoms with E-state index in [1.807, 2.05) is 41.4 Å². The number of H-pyrrole nitrogens is 1. The van der Waals surface area contributed by atoms with Crippen molar-refractivity contribution >= 4 is 17.2 Å². The quantitative estimate of drug-likeness (QED) is 0.613. The Morgan fingerprint density at radius 1 is 1.50 bits per heavy atom. The molecule has 0 saturated carbocycles. The van der Waals surface area contributed by atoms with Gasteiger partial charge in [0.15, 0.2) is 0 Å². The smallest absolute Gasteiger partial charge is 0.269 e. The third-order valence-electron chi connectivity index (χ3n) is 3.94. The van der Waals surface area contributed by atoms with Gasteiger partial charge in [-0.1, -0.05) is 0 Å². The molecule has 1 atom stereocenters. The predicted octanol–water partition coefficient (Wildman–Crippen LogP) is 2.06. The molecule has 3 aromatic rings. The molecule has 0 aliphatic heterocycles. The van der Waals surface area contributed by atoms with Gasteiger partial charge < -0.3 is 15.0 Å². The van der Waals surface area contributed by atoms with Gasteiger partial charge in [0.1, 0.15) is 11.4 Å². The lowest BCUT2D eigenvalue weighted by Gasteiger charge is -2.13. The summed E-state index contributed by atoms with van der Waals surface area (Å²) >= 11 is 1.63. The van der Waals surface area contributed by atoms with Crippen molar-refractivity contribution in [2.45, 2.75) is 6.42 Å². The van der Waals surface area contributed by atoms with Gasteiger partial charge in [-0.2, -0.15) is 16.4 Å². The van der Waals surface area contributed by atoms with Gasteiger partial charge in [0.2, 0.25) is 0 Å². The van der Waals surface area contributed by atoms with E-state index in [1.165, 1.54) is 5.56 Å². The molecule has 3 N–H and O–H groups in total. The maximum atomic E-state index is 12.3. The molecule has 0 spiro atoms. The van der Waals surface area contributed by atoms with Crippen molar-refractivity contribution in [2.75, 3.05) is 13.2 Å². The van der Waals surface area contributed by atoms with Crippen LogP contribution in [0.1, 0.15) is 16.1 Å². The number of aromatic amines is 1. The maximum absolute atomic E-state index is 12.3. The van der Waals surface area contributed by atoms with Crippen molar-refractivity contribution in [3.8, 4) is 11.4 Å². The average Bonchev–Trinajstić information content (AvgIpc) is 3.32. The van der Waals surface area contributed by atoms with E-state index in [0.29, 0.717) is 12.2 Å². The molecule has 0 radical (unpaired) electrons. The summed E-state index contributed by atoms with van der Waals surface area (Å²) in [6, 6.07) is 7.65. The molecular weight excluding hydrogens is 324 g/mol. The third kappa shape index (κ3) is 3.74. The van der Waals surface area contributed by atoms with Gasteiger partial charge in [-0.3, -0.25) is 9.89 Å². The van der Waals surface area contributed by atoms with Gasteiger partial charge in [0.25, 0.3) is 5.91 Å². The molecule has 0 aliphatic carbocycles. The van der Waals surface area contributed by atoms with Crippen LogP contribution in [0.3, 0.4) is 0 Å². The number of carbonyl (C=O) groups is 1. The average molecular weight is 344 g/mol. The highest BCUT2D eigenvalue weighted by Crippen LogP contribution is 2.17. The summed E-state index contributed by atoms with van der Waals surface area (Å²) in [5.41, 5.74) is 3.26. The maximum Gasteiger partial charge on any atom is 0.269 e. The fraction of sp³-hybridized carbons (Fsp3) is 0.294. The Morgan fingerprint density at radius 2 is 2.38 bits per heavy atom. The second-order valence-corrected chi connectivity index (χ2v) is 6.55. The van der Waals surface area contributed by atoms with Crippen LogP contribution in [0.4, 0.5) is 0 Å². The Balaban J connectivity index is 1.59. The molecule has 0 unspecified atom stereocenters. The van der Waals surface area contributed by atoms with Gasteiger partial charge in [-0.25, -0.2) is 0 Å². The minimum absolute atomic E-state index is 0.00110. The standard InChI is InChI=1S/C17H20N4O2S/c1-21-5-2-3-16(21)14-8-15(20-19-14)17(23)18-9-13(10-22)7-12-4-6-24-11-12/h2-6,8,11,13,22H,7,9-10H2,1H3,(H,18,23)(H,19,20)/t13-/m0/s1. The number of aryl methyl sites for hydroxylation is 1. The van der Waals surface area contributed by atoms with Crippen molar-refractivity contribution < 1.29 is 9.90 Å². The number of amides is 1. The van der Waals surface area contributed by atoms with Gasteiger partial charge in [-0.15, -0.1) is 0 Å². The lowest BCUT2D eigenvalue weighted by molar-refractivity contribution is 0.0935. The molecule has 1 amide bonds. The largest absolute Gasteiger partial charge is 0.396 e. The van der Waals surface area contributed by atoms with Crippen molar-refractivity contribution in [3.05, 3.63) is 52.5 Å². The summed E-state index contributed by atoms with van der Waals surface area (Å²) in [6.07, 6.45) is 2.68. The zero-order valence-electron chi connectivity index (χ0n) is 13.4. The summed E-state index contributed by atoms with van der Waals surface area (Å²) < 4.78 is 1.94. The molecule has 24 heavy (non-hydrogen) atoms. The Morgan fingerprint density at radius 3 is 3.04 bits per heavy atom. The molecule has 126 valence electrons. The van der Waals surface area contributed by atoms with Crippen molar-refractivity contribution in [1.82, 2.24) is 20.1 Å². The van der Waals surface area contributed by atoms with Gasteiger partial charge in [0.05, 0.1) is 5.69 Å². The number of aliphatic hydroxyl groups excluding tert-OH is 1. The summed E-state index contributed by atoms with van der Waals surface area (Å²) in [4.78, 5) is 12.3. The van der Waals surface area contributed by atoms with Crippen molar-refractivity contribution in [3.63, 3.8) is 0 Å². The van der Waals surface area contributed by atoms with Crippen LogP contribution in [0.25, 0.3) is 11.4 Å². The third-order valence-corrected chi connectivity index (χ3v) is 4.67. The number of aromatic nitrogens is 3. The molecule has 7 heteroatoms. The first-order chi connectivity index (χ1) is 11.7. The van der Waals surface area contributed by atoms with Crippen LogP contribution >= 0.6 is 11.3 Å². The van der Waals surface area contributed by atoms with E-state index in [4.69, 9.17) is 0 Å². The van der Waals surface area contributed by atoms with Crippen LogP contribution in [0.2, 0.25) is 0 Å². The van der Waals surface area contributed by atoms with Gasteiger partial charge in [0, 0.05) is 32.3 Å². The molecule has 0 aromatic carbocycles. The zero-order valence-corrected chi connectivity index (χ0v) is 14.2. The van der Waals surface area contributed by atoms with E-state index < -0.39 is 0 Å². The van der Waals surface area contributed by atoms with Crippen LogP contribution in [-0.2, 0) is 13.5 Å². The topological polar surface area (TPSA) is 82.9 Å². The summed E-state index contributed by atoms with van der Waals surface area (Å²) in [7, 11) is 1.93. The first-order valence-electron chi connectivity index (χ1n) is 7.74. The molecule has 0 aliphatic rings. The lowest BCUT2D eigenvalue weighted by Crippen LogP contribution is -2.32. The summed E-state index contributed by atoms with van der Waals surface area (Å²) in [5, 5.41) is 23.4. The fourth-order valence-corrected chi connectivity index (χ4v) is 3.25. The monoisotopic (exact) mass is 344 g/mol. The second-order valence-electron chi connectivity index (χ2n) is 5.77. The normalized spacial score (nSPS) is 12.2. The highest BCUT2D eigenvalue weighted by atomic mass is 32.1. The fourth-order valence-electron chi connectivity index (χ4n) is 2.57. The number of aliphatic hydroxyl groups is 1. The van der Waals surface area contributed by atoms with E-state index in [0.717, 1.165) is 17.8 Å². The minimum atomic E-state index is -0.216. The number of rotatable bonds is 7. The molecule has 3 heterocycles. The van der Waals surface area contributed by atoms with E-state index in [2.05, 4.69) is 20.9 Å². The van der Waals surface area contributed by atoms with E-state index >= 15 is 0 Å². The van der Waals surface area contributed by atoms with E-state index in [-0.39, 0.29) is 18.4 Å². The van der Waals surface area contributed by atoms with Crippen LogP contribution in [0.5, 0.6) is 0 Å². The highest BCUT2D eigenvalue weighted by Gasteiger charge is 2.15.